The minimum absolute atomic E-state index is 0.467. The number of hydrogen-bond acceptors (Lipinski definition) is 0. The molecule has 0 saturated heterocycles. The molecule has 0 aliphatic carbocycles. The molecule has 0 bridgehead atoms. The Labute approximate surface area is 67.2 Å². The first-order valence-corrected chi connectivity index (χ1v) is 4.66. The van der Waals surface area contributed by atoms with E-state index in [-0.39, 0.29) is 0 Å². The van der Waals surface area contributed by atoms with Gasteiger partial charge in [0, 0.05) is 4.83 Å². The summed E-state index contributed by atoms with van der Waals surface area (Å²) < 4.78 is 0. The highest BCUT2D eigenvalue weighted by Gasteiger charge is 1.93. The predicted octanol–water partition coefficient (Wildman–Crippen LogP) is 3.55. The van der Waals surface area contributed by atoms with Gasteiger partial charge < -0.3 is 0 Å². The van der Waals surface area contributed by atoms with Crippen molar-refractivity contribution in [1.82, 2.24) is 0 Å². The van der Waals surface area contributed by atoms with Crippen molar-refractivity contribution in [1.29, 1.82) is 0 Å². The second-order valence-corrected chi connectivity index (χ2v) is 3.74. The van der Waals surface area contributed by atoms with Crippen molar-refractivity contribution < 1.29 is 0 Å². The van der Waals surface area contributed by atoms with E-state index in [1.165, 1.54) is 32.1 Å². The fourth-order valence-corrected chi connectivity index (χ4v) is 1.12. The number of halogens is 1. The summed E-state index contributed by atoms with van der Waals surface area (Å²) in [5.41, 5.74) is 0. The van der Waals surface area contributed by atoms with E-state index in [1.54, 1.807) is 0 Å². The average molecular weight is 192 g/mol. The molecule has 0 heterocycles. The zero-order chi connectivity index (χ0) is 7.11. The summed E-state index contributed by atoms with van der Waals surface area (Å²) >= 11 is 3.42. The van der Waals surface area contributed by atoms with Crippen LogP contribution in [0, 0.1) is 6.92 Å². The van der Waals surface area contributed by atoms with Crippen molar-refractivity contribution in [3.05, 3.63) is 6.92 Å². The summed E-state index contributed by atoms with van der Waals surface area (Å²) in [7, 11) is 0. The van der Waals surface area contributed by atoms with Gasteiger partial charge in [0.15, 0.2) is 0 Å². The van der Waals surface area contributed by atoms with E-state index >= 15 is 0 Å². The molecule has 1 heteroatoms. The van der Waals surface area contributed by atoms with Gasteiger partial charge in [-0.3, -0.25) is 0 Å². The Morgan fingerprint density at radius 1 is 1.33 bits per heavy atom. The minimum Gasteiger partial charge on any atom is -0.0891 e. The van der Waals surface area contributed by atoms with Crippen molar-refractivity contribution >= 4 is 15.9 Å². The maximum atomic E-state index is 3.85. The Morgan fingerprint density at radius 3 is 2.44 bits per heavy atom. The predicted molar refractivity (Wildman–Crippen MR) is 46.8 cm³/mol. The monoisotopic (exact) mass is 191 g/mol. The zero-order valence-electron chi connectivity index (χ0n) is 6.20. The molecule has 0 aromatic heterocycles. The van der Waals surface area contributed by atoms with E-state index in [0.29, 0.717) is 4.83 Å². The maximum Gasteiger partial charge on any atom is 0.0146 e. The highest BCUT2D eigenvalue weighted by atomic mass is 79.9. The molecule has 0 nitrogen and oxygen atoms in total. The molecule has 1 radical (unpaired) electrons. The van der Waals surface area contributed by atoms with Crippen LogP contribution < -0.4 is 0 Å². The van der Waals surface area contributed by atoms with E-state index in [0.717, 1.165) is 0 Å². The van der Waals surface area contributed by atoms with Crippen molar-refractivity contribution in [2.45, 2.75) is 43.9 Å². The van der Waals surface area contributed by atoms with Gasteiger partial charge in [0.1, 0.15) is 0 Å². The lowest BCUT2D eigenvalue weighted by Crippen LogP contribution is -1.89. The SMILES string of the molecule is [CH2]C(Br)CCCCCC. The number of alkyl halides is 1. The van der Waals surface area contributed by atoms with Gasteiger partial charge in [-0.05, 0) is 13.3 Å². The molecule has 0 aromatic carbocycles. The van der Waals surface area contributed by atoms with Crippen LogP contribution in [0.4, 0.5) is 0 Å². The van der Waals surface area contributed by atoms with Gasteiger partial charge in [0.25, 0.3) is 0 Å². The van der Waals surface area contributed by atoms with Crippen LogP contribution in [0.5, 0.6) is 0 Å². The van der Waals surface area contributed by atoms with E-state index in [9.17, 15) is 0 Å². The second kappa shape index (κ2) is 6.60. The summed E-state index contributed by atoms with van der Waals surface area (Å²) in [6, 6.07) is 0. The normalized spacial score (nSPS) is 13.7. The number of unbranched alkanes of at least 4 members (excludes halogenated alkanes) is 3. The Bertz CT molecular complexity index is 50.5. The smallest absolute Gasteiger partial charge is 0.0146 e. The molecule has 0 amide bonds. The molecular weight excluding hydrogens is 176 g/mol. The van der Waals surface area contributed by atoms with E-state index in [1.807, 2.05) is 0 Å². The molecule has 1 unspecified atom stereocenters. The Kier molecular flexibility index (Phi) is 6.95. The molecule has 0 N–H and O–H groups in total. The molecular formula is C8H16Br. The largest absolute Gasteiger partial charge is 0.0891 e. The topological polar surface area (TPSA) is 0 Å². The quantitative estimate of drug-likeness (QED) is 0.461. The van der Waals surface area contributed by atoms with Crippen LogP contribution in [-0.4, -0.2) is 4.83 Å². The molecule has 9 heavy (non-hydrogen) atoms. The second-order valence-electron chi connectivity index (χ2n) is 2.45. The summed E-state index contributed by atoms with van der Waals surface area (Å²) in [4.78, 5) is 0.467. The third kappa shape index (κ3) is 8.48. The van der Waals surface area contributed by atoms with Crippen LogP contribution in [0.25, 0.3) is 0 Å². The van der Waals surface area contributed by atoms with E-state index in [2.05, 4.69) is 29.8 Å². The molecule has 1 atom stereocenters. The van der Waals surface area contributed by atoms with Gasteiger partial charge in [-0.2, -0.15) is 0 Å². The molecule has 55 valence electrons. The standard InChI is InChI=1S/C8H16Br/c1-3-4-5-6-7-8(2)9/h8H,2-7H2,1H3. The fourth-order valence-electron chi connectivity index (χ4n) is 0.793. The molecule has 0 saturated carbocycles. The van der Waals surface area contributed by atoms with Crippen molar-refractivity contribution in [3.63, 3.8) is 0 Å². The van der Waals surface area contributed by atoms with Gasteiger partial charge >= 0.3 is 0 Å². The summed E-state index contributed by atoms with van der Waals surface area (Å²) in [5, 5.41) is 0. The zero-order valence-corrected chi connectivity index (χ0v) is 7.78. The van der Waals surface area contributed by atoms with Crippen molar-refractivity contribution in [2.75, 3.05) is 0 Å². The molecule has 0 aliphatic rings. The third-order valence-electron chi connectivity index (χ3n) is 1.37. The summed E-state index contributed by atoms with van der Waals surface area (Å²) in [6.07, 6.45) is 6.62. The van der Waals surface area contributed by atoms with Crippen molar-refractivity contribution in [3.8, 4) is 0 Å². The maximum absolute atomic E-state index is 3.85. The van der Waals surface area contributed by atoms with Crippen LogP contribution in [0.1, 0.15) is 39.0 Å². The Morgan fingerprint density at radius 2 is 2.00 bits per heavy atom. The lowest BCUT2D eigenvalue weighted by molar-refractivity contribution is 0.643. The van der Waals surface area contributed by atoms with Gasteiger partial charge in [-0.1, -0.05) is 48.5 Å². The first kappa shape index (κ1) is 9.48. The van der Waals surface area contributed by atoms with Gasteiger partial charge in [-0.25, -0.2) is 0 Å². The van der Waals surface area contributed by atoms with Crippen LogP contribution >= 0.6 is 15.9 Å². The van der Waals surface area contributed by atoms with Crippen LogP contribution in [0.2, 0.25) is 0 Å². The van der Waals surface area contributed by atoms with Gasteiger partial charge in [0.05, 0.1) is 0 Å². The van der Waals surface area contributed by atoms with Gasteiger partial charge in [0.2, 0.25) is 0 Å². The molecule has 0 rings (SSSR count). The highest BCUT2D eigenvalue weighted by Crippen LogP contribution is 2.09. The fraction of sp³-hybridized carbons (Fsp3) is 0.875. The minimum atomic E-state index is 0.467. The molecule has 0 aliphatic heterocycles. The third-order valence-corrected chi connectivity index (χ3v) is 1.83. The van der Waals surface area contributed by atoms with Gasteiger partial charge in [-0.15, -0.1) is 0 Å². The van der Waals surface area contributed by atoms with E-state index < -0.39 is 0 Å². The lowest BCUT2D eigenvalue weighted by atomic mass is 10.1. The lowest BCUT2D eigenvalue weighted by Gasteiger charge is -2.00. The van der Waals surface area contributed by atoms with Crippen LogP contribution in [-0.2, 0) is 0 Å². The highest BCUT2D eigenvalue weighted by molar-refractivity contribution is 9.09. The molecule has 0 spiro atoms. The first-order chi connectivity index (χ1) is 4.27. The average Bonchev–Trinajstić information content (AvgIpc) is 1.80. The Hall–Kier alpha value is 0.480. The van der Waals surface area contributed by atoms with Crippen LogP contribution in [0.3, 0.4) is 0 Å². The Balaban J connectivity index is 2.75. The summed E-state index contributed by atoms with van der Waals surface area (Å²) in [5.74, 6) is 0. The molecule has 0 fully saturated rings. The van der Waals surface area contributed by atoms with Crippen LogP contribution in [0.15, 0.2) is 0 Å². The van der Waals surface area contributed by atoms with E-state index in [4.69, 9.17) is 0 Å². The van der Waals surface area contributed by atoms with Crippen molar-refractivity contribution in [2.24, 2.45) is 0 Å². The molecule has 0 aromatic rings. The first-order valence-electron chi connectivity index (χ1n) is 3.74. The number of hydrogen-bond donors (Lipinski definition) is 0. The summed E-state index contributed by atoms with van der Waals surface area (Å²) in [6.45, 7) is 6.08. The number of rotatable bonds is 5.